The average molecular weight is 490 g/mol. The van der Waals surface area contributed by atoms with Gasteiger partial charge in [-0.25, -0.2) is 0 Å². The molecule has 9 heteroatoms. The zero-order valence-corrected chi connectivity index (χ0v) is 20.9. The second-order valence-electron chi connectivity index (χ2n) is 7.78. The van der Waals surface area contributed by atoms with E-state index in [0.29, 0.717) is 31.1 Å². The number of hydrogen-bond acceptors (Lipinski definition) is 7. The smallest absolute Gasteiger partial charge is 0.207 e. The van der Waals surface area contributed by atoms with Crippen LogP contribution >= 0.6 is 0 Å². The van der Waals surface area contributed by atoms with Crippen molar-refractivity contribution >= 4 is 12.2 Å². The predicted molar refractivity (Wildman–Crippen MR) is 139 cm³/mol. The van der Waals surface area contributed by atoms with Crippen LogP contribution in [0.1, 0.15) is 16.7 Å². The maximum absolute atomic E-state index is 10.1. The molecule has 4 aromatic rings. The Kier molecular flexibility index (Phi) is 9.27. The maximum atomic E-state index is 10.1. The Bertz CT molecular complexity index is 1260. The SMILES string of the molecule is COc1ccc(CNC=O)c(OC)c1.COc1ccc(Cn2nc(N)c(C)c2-c2ccncc2)cc1. The summed E-state index contributed by atoms with van der Waals surface area (Å²) in [5, 5.41) is 7.04. The number of carbonyl (C=O) groups excluding carboxylic acids is 1. The van der Waals surface area contributed by atoms with E-state index in [1.54, 1.807) is 39.8 Å². The highest BCUT2D eigenvalue weighted by Gasteiger charge is 2.14. The second kappa shape index (κ2) is 12.8. The number of nitrogens with two attached hydrogens (primary N) is 1. The van der Waals surface area contributed by atoms with Crippen molar-refractivity contribution in [2.24, 2.45) is 0 Å². The number of ether oxygens (including phenoxy) is 3. The summed E-state index contributed by atoms with van der Waals surface area (Å²) in [7, 11) is 4.84. The van der Waals surface area contributed by atoms with Gasteiger partial charge in [-0.2, -0.15) is 5.10 Å². The van der Waals surface area contributed by atoms with E-state index in [2.05, 4.69) is 15.4 Å². The molecule has 2 heterocycles. The van der Waals surface area contributed by atoms with Crippen LogP contribution in [0.5, 0.6) is 17.2 Å². The standard InChI is InChI=1S/C17H18N4O.C10H13NO3/c1-12-16(14-7-9-19-10-8-14)21(20-17(12)18)11-13-3-5-15(22-2)6-4-13;1-13-9-4-3-8(6-11-7-12)10(5-9)14-2/h3-10H,11H2,1-2H3,(H2,18,20);3-5,7H,6H2,1-2H3,(H,11,12). The number of benzene rings is 2. The maximum Gasteiger partial charge on any atom is 0.207 e. The zero-order valence-electron chi connectivity index (χ0n) is 20.9. The van der Waals surface area contributed by atoms with Crippen molar-refractivity contribution in [1.82, 2.24) is 20.1 Å². The van der Waals surface area contributed by atoms with Gasteiger partial charge in [0.2, 0.25) is 6.41 Å². The van der Waals surface area contributed by atoms with Gasteiger partial charge in [0.1, 0.15) is 23.1 Å². The van der Waals surface area contributed by atoms with Crippen LogP contribution in [0.15, 0.2) is 67.0 Å². The number of anilines is 1. The van der Waals surface area contributed by atoms with Crippen LogP contribution in [-0.4, -0.2) is 42.5 Å². The van der Waals surface area contributed by atoms with E-state index in [1.807, 2.05) is 60.1 Å². The van der Waals surface area contributed by atoms with Gasteiger partial charge < -0.3 is 25.3 Å². The number of nitrogens with one attached hydrogen (secondary N) is 1. The molecule has 9 nitrogen and oxygen atoms in total. The summed E-state index contributed by atoms with van der Waals surface area (Å²) in [5.74, 6) is 2.84. The highest BCUT2D eigenvalue weighted by atomic mass is 16.5. The number of methoxy groups -OCH3 is 3. The lowest BCUT2D eigenvalue weighted by Crippen LogP contribution is -2.10. The van der Waals surface area contributed by atoms with Crippen LogP contribution in [0.4, 0.5) is 5.82 Å². The largest absolute Gasteiger partial charge is 0.497 e. The lowest BCUT2D eigenvalue weighted by atomic mass is 10.1. The van der Waals surface area contributed by atoms with Crippen molar-refractivity contribution < 1.29 is 19.0 Å². The molecule has 0 bridgehead atoms. The van der Waals surface area contributed by atoms with E-state index in [-0.39, 0.29) is 0 Å². The zero-order chi connectivity index (χ0) is 25.9. The fraction of sp³-hybridized carbons (Fsp3) is 0.222. The third-order valence-electron chi connectivity index (χ3n) is 5.54. The Morgan fingerprint density at radius 1 is 0.944 bits per heavy atom. The normalized spacial score (nSPS) is 10.1. The molecular weight excluding hydrogens is 458 g/mol. The summed E-state index contributed by atoms with van der Waals surface area (Å²) >= 11 is 0. The molecule has 0 unspecified atom stereocenters. The van der Waals surface area contributed by atoms with Gasteiger partial charge in [0.15, 0.2) is 0 Å². The summed E-state index contributed by atoms with van der Waals surface area (Å²) in [5.41, 5.74) is 11.1. The molecule has 1 amide bonds. The van der Waals surface area contributed by atoms with Gasteiger partial charge in [0, 0.05) is 41.7 Å². The minimum Gasteiger partial charge on any atom is -0.497 e. The lowest BCUT2D eigenvalue weighted by molar-refractivity contribution is -0.109. The van der Waals surface area contributed by atoms with E-state index in [4.69, 9.17) is 19.9 Å². The number of amides is 1. The third kappa shape index (κ3) is 6.53. The molecular formula is C27H31N5O4. The number of carbonyl (C=O) groups is 1. The van der Waals surface area contributed by atoms with Crippen LogP contribution in [-0.2, 0) is 17.9 Å². The number of nitrogen functional groups attached to an aromatic ring is 1. The molecule has 188 valence electrons. The van der Waals surface area contributed by atoms with Gasteiger partial charge in [-0.3, -0.25) is 14.5 Å². The lowest BCUT2D eigenvalue weighted by Gasteiger charge is -2.09. The molecule has 0 saturated carbocycles. The van der Waals surface area contributed by atoms with Crippen LogP contribution < -0.4 is 25.3 Å². The first kappa shape index (κ1) is 26.1. The quantitative estimate of drug-likeness (QED) is 0.343. The topological polar surface area (TPSA) is 114 Å². The van der Waals surface area contributed by atoms with Gasteiger partial charge in [0.05, 0.1) is 33.6 Å². The van der Waals surface area contributed by atoms with Crippen molar-refractivity contribution in [3.8, 4) is 28.5 Å². The predicted octanol–water partition coefficient (Wildman–Crippen LogP) is 3.84. The molecule has 4 rings (SSSR count). The summed E-state index contributed by atoms with van der Waals surface area (Å²) in [6.45, 7) is 3.10. The van der Waals surface area contributed by atoms with Gasteiger partial charge in [0.25, 0.3) is 0 Å². The average Bonchev–Trinajstić information content (AvgIpc) is 3.20. The minimum atomic E-state index is 0.455. The fourth-order valence-corrected chi connectivity index (χ4v) is 3.61. The molecule has 2 aromatic carbocycles. The Balaban J connectivity index is 0.000000223. The molecule has 0 saturated heterocycles. The minimum absolute atomic E-state index is 0.455. The van der Waals surface area contributed by atoms with Gasteiger partial charge >= 0.3 is 0 Å². The first-order chi connectivity index (χ1) is 17.5. The van der Waals surface area contributed by atoms with E-state index >= 15 is 0 Å². The highest BCUT2D eigenvalue weighted by Crippen LogP contribution is 2.28. The van der Waals surface area contributed by atoms with Crippen molar-refractivity contribution in [3.05, 3.63) is 83.7 Å². The molecule has 0 spiro atoms. The van der Waals surface area contributed by atoms with Crippen LogP contribution in [0, 0.1) is 6.92 Å². The van der Waals surface area contributed by atoms with Crippen molar-refractivity contribution in [2.75, 3.05) is 27.1 Å². The molecule has 3 N–H and O–H groups in total. The number of hydrogen-bond donors (Lipinski definition) is 2. The number of nitrogens with zero attached hydrogens (tertiary/aromatic N) is 3. The van der Waals surface area contributed by atoms with E-state index in [0.717, 1.165) is 39.4 Å². The molecule has 0 aliphatic carbocycles. The summed E-state index contributed by atoms with van der Waals surface area (Å²) in [6.07, 6.45) is 4.20. The summed E-state index contributed by atoms with van der Waals surface area (Å²) in [6, 6.07) is 17.3. The molecule has 0 aliphatic rings. The van der Waals surface area contributed by atoms with Crippen LogP contribution in [0.25, 0.3) is 11.3 Å². The summed E-state index contributed by atoms with van der Waals surface area (Å²) in [4.78, 5) is 14.2. The Labute approximate surface area is 210 Å². The van der Waals surface area contributed by atoms with Gasteiger partial charge in [-0.15, -0.1) is 0 Å². The molecule has 0 atom stereocenters. The molecule has 0 fully saturated rings. The molecule has 0 radical (unpaired) electrons. The number of pyridine rings is 1. The Hall–Kier alpha value is -4.53. The third-order valence-corrected chi connectivity index (χ3v) is 5.54. The Morgan fingerprint density at radius 3 is 2.22 bits per heavy atom. The van der Waals surface area contributed by atoms with E-state index in [9.17, 15) is 4.79 Å². The van der Waals surface area contributed by atoms with Crippen LogP contribution in [0.3, 0.4) is 0 Å². The highest BCUT2D eigenvalue weighted by molar-refractivity contribution is 5.68. The molecule has 36 heavy (non-hydrogen) atoms. The Morgan fingerprint density at radius 2 is 1.61 bits per heavy atom. The molecule has 2 aromatic heterocycles. The van der Waals surface area contributed by atoms with E-state index < -0.39 is 0 Å². The number of rotatable bonds is 9. The summed E-state index contributed by atoms with van der Waals surface area (Å²) < 4.78 is 17.3. The van der Waals surface area contributed by atoms with Gasteiger partial charge in [-0.05, 0) is 48.9 Å². The van der Waals surface area contributed by atoms with Crippen LogP contribution in [0.2, 0.25) is 0 Å². The van der Waals surface area contributed by atoms with Crippen molar-refractivity contribution in [3.63, 3.8) is 0 Å². The van der Waals surface area contributed by atoms with E-state index in [1.165, 1.54) is 0 Å². The fourth-order valence-electron chi connectivity index (χ4n) is 3.61. The van der Waals surface area contributed by atoms with Crippen molar-refractivity contribution in [1.29, 1.82) is 0 Å². The first-order valence-corrected chi connectivity index (χ1v) is 11.2. The monoisotopic (exact) mass is 489 g/mol. The number of aromatic nitrogens is 3. The van der Waals surface area contributed by atoms with Gasteiger partial charge in [-0.1, -0.05) is 12.1 Å². The van der Waals surface area contributed by atoms with Crippen molar-refractivity contribution in [2.45, 2.75) is 20.0 Å². The second-order valence-corrected chi connectivity index (χ2v) is 7.78. The molecule has 0 aliphatic heterocycles. The first-order valence-electron chi connectivity index (χ1n) is 11.2.